The summed E-state index contributed by atoms with van der Waals surface area (Å²) in [6, 6.07) is 9.93. The maximum absolute atomic E-state index is 12.0. The van der Waals surface area contributed by atoms with Crippen LogP contribution in [0, 0.1) is 11.8 Å². The van der Waals surface area contributed by atoms with Crippen LogP contribution in [-0.2, 0) is 11.3 Å². The fourth-order valence-corrected chi connectivity index (χ4v) is 1.86. The third kappa shape index (κ3) is 4.57. The maximum Gasteiger partial charge on any atom is 0.223 e. The summed E-state index contributed by atoms with van der Waals surface area (Å²) in [5.74, 6) is 0.451. The molecule has 0 fully saturated rings. The molecule has 0 aliphatic rings. The first-order valence-electron chi connectivity index (χ1n) is 6.17. The second kappa shape index (κ2) is 7.07. The quantitative estimate of drug-likeness (QED) is 0.790. The summed E-state index contributed by atoms with van der Waals surface area (Å²) >= 11 is 0. The molecule has 0 aliphatic carbocycles. The number of amides is 1. The minimum Gasteiger partial charge on any atom is -0.352 e. The molecule has 3 N–H and O–H groups in total. The Kier molecular flexibility index (Phi) is 5.70. The molecule has 1 aromatic rings. The van der Waals surface area contributed by atoms with Crippen LogP contribution in [-0.4, -0.2) is 12.5 Å². The highest BCUT2D eigenvalue weighted by molar-refractivity contribution is 5.78. The molecule has 3 nitrogen and oxygen atoms in total. The van der Waals surface area contributed by atoms with Crippen molar-refractivity contribution in [2.24, 2.45) is 17.6 Å². The van der Waals surface area contributed by atoms with Gasteiger partial charge >= 0.3 is 0 Å². The first-order valence-corrected chi connectivity index (χ1v) is 6.17. The van der Waals surface area contributed by atoms with Crippen LogP contribution in [0.4, 0.5) is 0 Å². The van der Waals surface area contributed by atoms with E-state index in [1.165, 1.54) is 0 Å². The number of nitrogens with one attached hydrogen (secondary N) is 1. The topological polar surface area (TPSA) is 55.1 Å². The van der Waals surface area contributed by atoms with Crippen molar-refractivity contribution in [1.82, 2.24) is 5.32 Å². The smallest absolute Gasteiger partial charge is 0.223 e. The van der Waals surface area contributed by atoms with E-state index in [9.17, 15) is 4.79 Å². The zero-order chi connectivity index (χ0) is 12.7. The fraction of sp³-hybridized carbons (Fsp3) is 0.500. The summed E-state index contributed by atoms with van der Waals surface area (Å²) in [5.41, 5.74) is 6.65. The van der Waals surface area contributed by atoms with Crippen molar-refractivity contribution in [1.29, 1.82) is 0 Å². The predicted octanol–water partition coefficient (Wildman–Crippen LogP) is 1.92. The fourth-order valence-electron chi connectivity index (χ4n) is 1.86. The third-order valence-electron chi connectivity index (χ3n) is 2.93. The number of carbonyl (C=O) groups excluding carboxylic acids is 1. The Morgan fingerprint density at radius 1 is 1.29 bits per heavy atom. The molecule has 0 aliphatic heterocycles. The molecule has 0 radical (unpaired) electrons. The molecular formula is C14H22N2O. The van der Waals surface area contributed by atoms with E-state index in [-0.39, 0.29) is 11.8 Å². The highest BCUT2D eigenvalue weighted by Gasteiger charge is 2.20. The van der Waals surface area contributed by atoms with Crippen LogP contribution in [0.25, 0.3) is 0 Å². The van der Waals surface area contributed by atoms with E-state index in [1.54, 1.807) is 0 Å². The number of rotatable bonds is 6. The molecule has 0 heterocycles. The van der Waals surface area contributed by atoms with Gasteiger partial charge in [0.05, 0.1) is 0 Å². The van der Waals surface area contributed by atoms with Crippen LogP contribution in [0.3, 0.4) is 0 Å². The molecule has 0 bridgehead atoms. The van der Waals surface area contributed by atoms with E-state index in [2.05, 4.69) is 19.2 Å². The molecule has 1 rings (SSSR count). The van der Waals surface area contributed by atoms with Gasteiger partial charge in [0.1, 0.15) is 0 Å². The number of hydrogen-bond acceptors (Lipinski definition) is 2. The Balaban J connectivity index is 2.47. The molecule has 1 atom stereocenters. The number of carbonyl (C=O) groups is 1. The van der Waals surface area contributed by atoms with Crippen LogP contribution in [0.2, 0.25) is 0 Å². The van der Waals surface area contributed by atoms with E-state index in [4.69, 9.17) is 5.73 Å². The summed E-state index contributed by atoms with van der Waals surface area (Å²) < 4.78 is 0. The van der Waals surface area contributed by atoms with Gasteiger partial charge in [-0.2, -0.15) is 0 Å². The van der Waals surface area contributed by atoms with Crippen molar-refractivity contribution in [3.05, 3.63) is 35.9 Å². The highest BCUT2D eigenvalue weighted by atomic mass is 16.1. The van der Waals surface area contributed by atoms with Gasteiger partial charge in [-0.05, 0) is 24.4 Å². The number of nitrogens with two attached hydrogens (primary N) is 1. The lowest BCUT2D eigenvalue weighted by molar-refractivity contribution is -0.126. The molecule has 94 valence electrons. The lowest BCUT2D eigenvalue weighted by Gasteiger charge is -2.19. The minimum absolute atomic E-state index is 0.0173. The van der Waals surface area contributed by atoms with Crippen molar-refractivity contribution in [3.8, 4) is 0 Å². The Bertz CT molecular complexity index is 335. The number of benzene rings is 1. The van der Waals surface area contributed by atoms with Crippen LogP contribution in [0.15, 0.2) is 30.3 Å². The largest absolute Gasteiger partial charge is 0.352 e. The van der Waals surface area contributed by atoms with Gasteiger partial charge in [-0.1, -0.05) is 44.2 Å². The van der Waals surface area contributed by atoms with Crippen molar-refractivity contribution in [3.63, 3.8) is 0 Å². The van der Waals surface area contributed by atoms with Crippen molar-refractivity contribution in [2.45, 2.75) is 26.8 Å². The first-order chi connectivity index (χ1) is 8.15. The van der Waals surface area contributed by atoms with Crippen molar-refractivity contribution >= 4 is 5.91 Å². The van der Waals surface area contributed by atoms with Crippen LogP contribution >= 0.6 is 0 Å². The second-order valence-electron chi connectivity index (χ2n) is 4.63. The monoisotopic (exact) mass is 234 g/mol. The molecule has 17 heavy (non-hydrogen) atoms. The average molecular weight is 234 g/mol. The average Bonchev–Trinajstić information content (AvgIpc) is 2.34. The molecule has 0 saturated carbocycles. The van der Waals surface area contributed by atoms with E-state index in [1.807, 2.05) is 30.3 Å². The summed E-state index contributed by atoms with van der Waals surface area (Å²) in [6.45, 7) is 5.26. The Morgan fingerprint density at radius 2 is 1.94 bits per heavy atom. The van der Waals surface area contributed by atoms with E-state index >= 15 is 0 Å². The normalized spacial score (nSPS) is 12.5. The molecule has 0 saturated heterocycles. The summed E-state index contributed by atoms with van der Waals surface area (Å²) in [6.07, 6.45) is 0.748. The molecule has 1 aromatic carbocycles. The van der Waals surface area contributed by atoms with Crippen LogP contribution in [0.1, 0.15) is 25.8 Å². The summed E-state index contributed by atoms with van der Waals surface area (Å²) in [7, 11) is 0. The summed E-state index contributed by atoms with van der Waals surface area (Å²) in [5, 5.41) is 2.97. The lowest BCUT2D eigenvalue weighted by atomic mass is 9.91. The van der Waals surface area contributed by atoms with Gasteiger partial charge in [0, 0.05) is 12.5 Å². The van der Waals surface area contributed by atoms with Gasteiger partial charge in [-0.15, -0.1) is 0 Å². The molecule has 1 amide bonds. The Labute approximate surface area is 103 Å². The Hall–Kier alpha value is -1.35. The van der Waals surface area contributed by atoms with Crippen LogP contribution in [0.5, 0.6) is 0 Å². The van der Waals surface area contributed by atoms with E-state index in [0.29, 0.717) is 19.0 Å². The molecule has 0 aromatic heterocycles. The minimum atomic E-state index is 0.0173. The standard InChI is InChI=1S/C14H22N2O/c1-11(2)13(8-9-15)14(17)16-10-12-6-4-3-5-7-12/h3-7,11,13H,8-10,15H2,1-2H3,(H,16,17). The van der Waals surface area contributed by atoms with Gasteiger partial charge in [-0.25, -0.2) is 0 Å². The zero-order valence-electron chi connectivity index (χ0n) is 10.6. The van der Waals surface area contributed by atoms with Gasteiger partial charge in [0.25, 0.3) is 0 Å². The van der Waals surface area contributed by atoms with Crippen molar-refractivity contribution in [2.75, 3.05) is 6.54 Å². The molecular weight excluding hydrogens is 212 g/mol. The SMILES string of the molecule is CC(C)C(CCN)C(=O)NCc1ccccc1. The molecule has 0 spiro atoms. The lowest BCUT2D eigenvalue weighted by Crippen LogP contribution is -2.34. The Morgan fingerprint density at radius 3 is 2.47 bits per heavy atom. The third-order valence-corrected chi connectivity index (χ3v) is 2.93. The maximum atomic E-state index is 12.0. The number of hydrogen-bond donors (Lipinski definition) is 2. The van der Waals surface area contributed by atoms with Crippen molar-refractivity contribution < 1.29 is 4.79 Å². The van der Waals surface area contributed by atoms with E-state index in [0.717, 1.165) is 12.0 Å². The van der Waals surface area contributed by atoms with Gasteiger partial charge < -0.3 is 11.1 Å². The second-order valence-corrected chi connectivity index (χ2v) is 4.63. The molecule has 3 heteroatoms. The zero-order valence-corrected chi connectivity index (χ0v) is 10.6. The summed E-state index contributed by atoms with van der Waals surface area (Å²) in [4.78, 5) is 12.0. The van der Waals surface area contributed by atoms with Crippen LogP contribution < -0.4 is 11.1 Å². The molecule has 1 unspecified atom stereocenters. The van der Waals surface area contributed by atoms with Gasteiger partial charge in [-0.3, -0.25) is 4.79 Å². The predicted molar refractivity (Wildman–Crippen MR) is 70.3 cm³/mol. The van der Waals surface area contributed by atoms with Gasteiger partial charge in [0.15, 0.2) is 0 Å². The first kappa shape index (κ1) is 13.7. The highest BCUT2D eigenvalue weighted by Crippen LogP contribution is 2.14. The van der Waals surface area contributed by atoms with Gasteiger partial charge in [0.2, 0.25) is 5.91 Å². The van der Waals surface area contributed by atoms with E-state index < -0.39 is 0 Å².